The highest BCUT2D eigenvalue weighted by Crippen LogP contribution is 2.48. The number of halogens is 1. The molecule has 2 atom stereocenters. The molecule has 130 valence electrons. The van der Waals surface area contributed by atoms with E-state index < -0.39 is 11.4 Å². The molecular weight excluding hydrogens is 328 g/mol. The molecule has 0 spiro atoms. The van der Waals surface area contributed by atoms with E-state index in [1.807, 2.05) is 24.3 Å². The number of nitrogens with one attached hydrogen (secondary N) is 1. The fourth-order valence-electron chi connectivity index (χ4n) is 4.04. The van der Waals surface area contributed by atoms with Crippen LogP contribution in [0, 0.1) is 11.3 Å². The van der Waals surface area contributed by atoms with E-state index in [4.69, 9.17) is 11.6 Å². The average Bonchev–Trinajstić information content (AvgIpc) is 3.11. The molecule has 0 bridgehead atoms. The Morgan fingerprint density at radius 3 is 2.75 bits per heavy atom. The van der Waals surface area contributed by atoms with Gasteiger partial charge < -0.3 is 15.3 Å². The summed E-state index contributed by atoms with van der Waals surface area (Å²) in [4.78, 5) is 25.6. The Labute approximate surface area is 147 Å². The topological polar surface area (TPSA) is 69.6 Å². The zero-order chi connectivity index (χ0) is 17.2. The Kier molecular flexibility index (Phi) is 4.99. The van der Waals surface area contributed by atoms with Crippen LogP contribution in [0.25, 0.3) is 0 Å². The summed E-state index contributed by atoms with van der Waals surface area (Å²) in [6.45, 7) is 1.49. The predicted octanol–water partition coefficient (Wildman–Crippen LogP) is 3.17. The van der Waals surface area contributed by atoms with Crippen molar-refractivity contribution in [2.24, 2.45) is 11.3 Å². The van der Waals surface area contributed by atoms with E-state index in [1.165, 1.54) is 5.56 Å². The lowest BCUT2D eigenvalue weighted by Gasteiger charge is -2.23. The zero-order valence-corrected chi connectivity index (χ0v) is 14.4. The van der Waals surface area contributed by atoms with Gasteiger partial charge in [-0.25, -0.2) is 4.79 Å². The molecule has 0 aromatic heterocycles. The molecule has 1 heterocycles. The van der Waals surface area contributed by atoms with Gasteiger partial charge in [-0.05, 0) is 49.3 Å². The van der Waals surface area contributed by atoms with Gasteiger partial charge in [0, 0.05) is 24.7 Å². The number of carbonyl (C=O) groups excluding carboxylic acids is 1. The van der Waals surface area contributed by atoms with Crippen molar-refractivity contribution in [2.75, 3.05) is 19.6 Å². The first kappa shape index (κ1) is 17.1. The quantitative estimate of drug-likeness (QED) is 0.801. The molecule has 1 aliphatic carbocycles. The number of carboxylic acids is 1. The summed E-state index contributed by atoms with van der Waals surface area (Å²) in [5.41, 5.74) is 0.481. The van der Waals surface area contributed by atoms with Crippen molar-refractivity contribution < 1.29 is 14.7 Å². The highest BCUT2D eigenvalue weighted by molar-refractivity contribution is 6.30. The third-order valence-corrected chi connectivity index (χ3v) is 5.67. The molecule has 0 radical (unpaired) electrons. The van der Waals surface area contributed by atoms with E-state index in [0.717, 1.165) is 30.7 Å². The van der Waals surface area contributed by atoms with Crippen LogP contribution < -0.4 is 5.32 Å². The van der Waals surface area contributed by atoms with Crippen LogP contribution in [0.15, 0.2) is 24.3 Å². The number of aryl methyl sites for hydroxylation is 1. The Balaban J connectivity index is 1.45. The van der Waals surface area contributed by atoms with Crippen molar-refractivity contribution in [3.8, 4) is 0 Å². The van der Waals surface area contributed by atoms with Crippen molar-refractivity contribution >= 4 is 23.6 Å². The molecule has 2 aliphatic rings. The Morgan fingerprint density at radius 1 is 1.33 bits per heavy atom. The molecular formula is C18H23ClN2O3. The molecule has 2 amide bonds. The van der Waals surface area contributed by atoms with Crippen LogP contribution in [0.2, 0.25) is 5.02 Å². The number of fused-ring (bicyclic) bond motifs is 1. The van der Waals surface area contributed by atoms with Gasteiger partial charge >= 0.3 is 12.0 Å². The molecule has 1 saturated carbocycles. The summed E-state index contributed by atoms with van der Waals surface area (Å²) in [6.07, 6.45) is 4.27. The van der Waals surface area contributed by atoms with E-state index in [0.29, 0.717) is 26.1 Å². The molecule has 1 aromatic carbocycles. The third kappa shape index (κ3) is 3.36. The zero-order valence-electron chi connectivity index (χ0n) is 13.6. The van der Waals surface area contributed by atoms with Crippen LogP contribution >= 0.6 is 11.6 Å². The fraction of sp³-hybridized carbons (Fsp3) is 0.556. The van der Waals surface area contributed by atoms with Crippen LogP contribution in [-0.2, 0) is 11.2 Å². The molecule has 1 saturated heterocycles. The summed E-state index contributed by atoms with van der Waals surface area (Å²) < 4.78 is 0. The Hall–Kier alpha value is -1.75. The maximum absolute atomic E-state index is 12.3. The third-order valence-electron chi connectivity index (χ3n) is 5.42. The number of hydrogen-bond acceptors (Lipinski definition) is 2. The number of carbonyl (C=O) groups is 2. The lowest BCUT2D eigenvalue weighted by molar-refractivity contribution is -0.149. The van der Waals surface area contributed by atoms with Crippen LogP contribution in [-0.4, -0.2) is 41.6 Å². The lowest BCUT2D eigenvalue weighted by Crippen LogP contribution is -2.42. The molecule has 2 fully saturated rings. The van der Waals surface area contributed by atoms with Gasteiger partial charge in [0.05, 0.1) is 5.41 Å². The van der Waals surface area contributed by atoms with Crippen molar-refractivity contribution in [2.45, 2.75) is 32.1 Å². The first-order valence-electron chi connectivity index (χ1n) is 8.52. The van der Waals surface area contributed by atoms with Crippen molar-refractivity contribution in [3.63, 3.8) is 0 Å². The van der Waals surface area contributed by atoms with Crippen LogP contribution in [0.4, 0.5) is 4.79 Å². The van der Waals surface area contributed by atoms with E-state index in [2.05, 4.69) is 5.32 Å². The van der Waals surface area contributed by atoms with Crippen LogP contribution in [0.1, 0.15) is 31.2 Å². The second-order valence-electron chi connectivity index (χ2n) is 6.89. The van der Waals surface area contributed by atoms with Gasteiger partial charge in [-0.1, -0.05) is 30.2 Å². The molecule has 0 unspecified atom stereocenters. The fourth-order valence-corrected chi connectivity index (χ4v) is 4.17. The number of hydrogen-bond donors (Lipinski definition) is 2. The minimum absolute atomic E-state index is 0.106. The summed E-state index contributed by atoms with van der Waals surface area (Å²) >= 11 is 5.86. The number of benzene rings is 1. The maximum atomic E-state index is 12.3. The lowest BCUT2D eigenvalue weighted by atomic mass is 9.81. The van der Waals surface area contributed by atoms with Crippen LogP contribution in [0.5, 0.6) is 0 Å². The van der Waals surface area contributed by atoms with Crippen molar-refractivity contribution in [1.82, 2.24) is 10.2 Å². The standard InChI is InChI=1S/C18H23ClN2O3/c19-15-7-5-13(6-8-15)3-2-10-20-17(24)21-11-14-4-1-9-18(14,12-21)16(22)23/h5-8,14H,1-4,9-12H2,(H,20,24)(H,22,23)/t14-,18+/m0/s1. The van der Waals surface area contributed by atoms with Gasteiger partial charge in [0.15, 0.2) is 0 Å². The SMILES string of the molecule is O=C(NCCCc1ccc(Cl)cc1)N1C[C@@H]2CCC[C@@]2(C(=O)O)C1. The monoisotopic (exact) mass is 350 g/mol. The summed E-state index contributed by atoms with van der Waals surface area (Å²) in [5.74, 6) is -0.641. The highest BCUT2D eigenvalue weighted by Gasteiger charge is 2.55. The average molecular weight is 351 g/mol. The molecule has 5 nitrogen and oxygen atoms in total. The van der Waals surface area contributed by atoms with Crippen molar-refractivity contribution in [1.29, 1.82) is 0 Å². The largest absolute Gasteiger partial charge is 0.481 e. The molecule has 2 N–H and O–H groups in total. The van der Waals surface area contributed by atoms with E-state index in [1.54, 1.807) is 4.90 Å². The number of aliphatic carboxylic acids is 1. The van der Waals surface area contributed by atoms with Gasteiger partial charge in [0.1, 0.15) is 0 Å². The predicted molar refractivity (Wildman–Crippen MR) is 92.2 cm³/mol. The number of rotatable bonds is 5. The summed E-state index contributed by atoms with van der Waals surface area (Å²) in [5, 5.41) is 13.2. The molecule has 6 heteroatoms. The van der Waals surface area contributed by atoms with Gasteiger partial charge in [-0.2, -0.15) is 0 Å². The van der Waals surface area contributed by atoms with Gasteiger partial charge in [-0.3, -0.25) is 4.79 Å². The first-order valence-corrected chi connectivity index (χ1v) is 8.90. The van der Waals surface area contributed by atoms with E-state index >= 15 is 0 Å². The molecule has 1 aliphatic heterocycles. The first-order chi connectivity index (χ1) is 11.5. The number of likely N-dealkylation sites (tertiary alicyclic amines) is 1. The minimum Gasteiger partial charge on any atom is -0.481 e. The Morgan fingerprint density at radius 2 is 2.08 bits per heavy atom. The van der Waals surface area contributed by atoms with Gasteiger partial charge in [-0.15, -0.1) is 0 Å². The maximum Gasteiger partial charge on any atom is 0.317 e. The molecule has 24 heavy (non-hydrogen) atoms. The van der Waals surface area contributed by atoms with Gasteiger partial charge in [0.2, 0.25) is 0 Å². The van der Waals surface area contributed by atoms with E-state index in [-0.39, 0.29) is 11.9 Å². The minimum atomic E-state index is -0.747. The number of carboxylic acid groups (broad SMARTS) is 1. The summed E-state index contributed by atoms with van der Waals surface area (Å²) in [6, 6.07) is 7.57. The second-order valence-corrected chi connectivity index (χ2v) is 7.33. The molecule has 3 rings (SSSR count). The normalized spacial score (nSPS) is 25.5. The molecule has 1 aromatic rings. The second kappa shape index (κ2) is 7.01. The van der Waals surface area contributed by atoms with Gasteiger partial charge in [0.25, 0.3) is 0 Å². The summed E-state index contributed by atoms with van der Waals surface area (Å²) in [7, 11) is 0. The van der Waals surface area contributed by atoms with E-state index in [9.17, 15) is 14.7 Å². The number of amides is 2. The smallest absolute Gasteiger partial charge is 0.317 e. The van der Waals surface area contributed by atoms with Crippen molar-refractivity contribution in [3.05, 3.63) is 34.9 Å². The highest BCUT2D eigenvalue weighted by atomic mass is 35.5. The Bertz CT molecular complexity index is 619. The number of nitrogens with zero attached hydrogens (tertiary/aromatic N) is 1. The number of urea groups is 1. The van der Waals surface area contributed by atoms with Crippen LogP contribution in [0.3, 0.4) is 0 Å².